The molecule has 0 bridgehead atoms. The summed E-state index contributed by atoms with van der Waals surface area (Å²) >= 11 is 0. The summed E-state index contributed by atoms with van der Waals surface area (Å²) in [6, 6.07) is 24.8. The predicted octanol–water partition coefficient (Wildman–Crippen LogP) is 4.14. The third kappa shape index (κ3) is 4.79. The number of piperazine rings is 1. The zero-order valence-electron chi connectivity index (χ0n) is 16.8. The Morgan fingerprint density at radius 2 is 1.50 bits per heavy atom. The minimum atomic E-state index is -0.226. The van der Waals surface area contributed by atoms with Crippen LogP contribution >= 0.6 is 0 Å². The van der Waals surface area contributed by atoms with Crippen molar-refractivity contribution in [2.45, 2.75) is 6.42 Å². The van der Waals surface area contributed by atoms with Crippen LogP contribution in [0.2, 0.25) is 0 Å². The zero-order chi connectivity index (χ0) is 20.8. The molecule has 0 unspecified atom stereocenters. The van der Waals surface area contributed by atoms with E-state index in [9.17, 15) is 9.18 Å². The molecule has 4 nitrogen and oxygen atoms in total. The summed E-state index contributed by atoms with van der Waals surface area (Å²) in [7, 11) is 0. The maximum absolute atomic E-state index is 14.0. The second kappa shape index (κ2) is 9.44. The summed E-state index contributed by atoms with van der Waals surface area (Å²) in [6.45, 7) is 2.34. The topological polar surface area (TPSA) is 32.8 Å². The highest BCUT2D eigenvalue weighted by Gasteiger charge is 2.23. The number of para-hydroxylation sites is 2. The number of rotatable bonds is 6. The number of ether oxygens (including phenoxy) is 1. The molecule has 0 aromatic heterocycles. The van der Waals surface area contributed by atoms with Crippen LogP contribution in [0, 0.1) is 5.82 Å². The standard InChI is InChI=1S/C25H25FN2O2/c26-22-11-5-6-12-23(22)27-14-16-28(17-15-27)25(29)19-30-24-13-7-4-10-21(24)18-20-8-2-1-3-9-20/h1-13H,14-19H2. The van der Waals surface area contributed by atoms with Crippen molar-refractivity contribution in [3.8, 4) is 5.75 Å². The lowest BCUT2D eigenvalue weighted by atomic mass is 10.0. The highest BCUT2D eigenvalue weighted by Crippen LogP contribution is 2.22. The number of nitrogens with zero attached hydrogens (tertiary/aromatic N) is 2. The first-order valence-corrected chi connectivity index (χ1v) is 10.2. The van der Waals surface area contributed by atoms with Gasteiger partial charge in [0.25, 0.3) is 5.91 Å². The van der Waals surface area contributed by atoms with Gasteiger partial charge in [0.15, 0.2) is 6.61 Å². The van der Waals surface area contributed by atoms with E-state index in [1.165, 1.54) is 11.6 Å². The van der Waals surface area contributed by atoms with E-state index in [-0.39, 0.29) is 18.3 Å². The van der Waals surface area contributed by atoms with Crippen molar-refractivity contribution in [3.05, 3.63) is 95.8 Å². The van der Waals surface area contributed by atoms with Gasteiger partial charge in [-0.15, -0.1) is 0 Å². The molecule has 1 saturated heterocycles. The second-order valence-corrected chi connectivity index (χ2v) is 7.38. The maximum atomic E-state index is 14.0. The van der Waals surface area contributed by atoms with Crippen LogP contribution in [-0.4, -0.2) is 43.6 Å². The van der Waals surface area contributed by atoms with Gasteiger partial charge in [0.2, 0.25) is 0 Å². The van der Waals surface area contributed by atoms with Gasteiger partial charge in [-0.1, -0.05) is 60.7 Å². The van der Waals surface area contributed by atoms with Gasteiger partial charge >= 0.3 is 0 Å². The van der Waals surface area contributed by atoms with Crippen molar-refractivity contribution < 1.29 is 13.9 Å². The summed E-state index contributed by atoms with van der Waals surface area (Å²) in [5, 5.41) is 0. The molecule has 1 aliphatic heterocycles. The Balaban J connectivity index is 1.32. The van der Waals surface area contributed by atoms with Crippen molar-refractivity contribution in [1.29, 1.82) is 0 Å². The lowest BCUT2D eigenvalue weighted by Crippen LogP contribution is -2.50. The SMILES string of the molecule is O=C(COc1ccccc1Cc1ccccc1)N1CCN(c2ccccc2F)CC1. The third-order valence-electron chi connectivity index (χ3n) is 5.39. The van der Waals surface area contributed by atoms with Gasteiger partial charge in [-0.2, -0.15) is 0 Å². The number of hydrogen-bond donors (Lipinski definition) is 0. The van der Waals surface area contributed by atoms with E-state index in [1.807, 2.05) is 53.4 Å². The fraction of sp³-hybridized carbons (Fsp3) is 0.240. The number of anilines is 1. The molecule has 1 heterocycles. The van der Waals surface area contributed by atoms with E-state index in [4.69, 9.17) is 4.74 Å². The summed E-state index contributed by atoms with van der Waals surface area (Å²) in [6.07, 6.45) is 0.756. The molecular formula is C25H25FN2O2. The molecule has 3 aromatic rings. The molecule has 0 atom stereocenters. The fourth-order valence-corrected chi connectivity index (χ4v) is 3.74. The Bertz CT molecular complexity index is 985. The molecule has 0 saturated carbocycles. The van der Waals surface area contributed by atoms with Gasteiger partial charge in [0.1, 0.15) is 11.6 Å². The molecule has 0 N–H and O–H groups in total. The number of amides is 1. The number of benzene rings is 3. The molecule has 1 fully saturated rings. The largest absolute Gasteiger partial charge is 0.483 e. The van der Waals surface area contributed by atoms with E-state index in [0.29, 0.717) is 31.9 Å². The highest BCUT2D eigenvalue weighted by atomic mass is 19.1. The normalized spacial score (nSPS) is 13.9. The van der Waals surface area contributed by atoms with Crippen LogP contribution in [0.25, 0.3) is 0 Å². The van der Waals surface area contributed by atoms with Crippen LogP contribution in [0.3, 0.4) is 0 Å². The molecular weight excluding hydrogens is 379 g/mol. The van der Waals surface area contributed by atoms with Crippen LogP contribution in [-0.2, 0) is 11.2 Å². The number of halogens is 1. The van der Waals surface area contributed by atoms with Crippen molar-refractivity contribution in [3.63, 3.8) is 0 Å². The average Bonchev–Trinajstić information content (AvgIpc) is 2.79. The molecule has 3 aromatic carbocycles. The number of hydrogen-bond acceptors (Lipinski definition) is 3. The van der Waals surface area contributed by atoms with Crippen molar-refractivity contribution in [1.82, 2.24) is 4.90 Å². The molecule has 1 aliphatic rings. The first kappa shape index (κ1) is 20.0. The van der Waals surface area contributed by atoms with E-state index < -0.39 is 0 Å². The molecule has 0 aliphatic carbocycles. The Kier molecular flexibility index (Phi) is 6.28. The lowest BCUT2D eigenvalue weighted by molar-refractivity contribution is -0.133. The molecule has 0 radical (unpaired) electrons. The van der Waals surface area contributed by atoms with Gasteiger partial charge in [-0.05, 0) is 29.3 Å². The molecule has 30 heavy (non-hydrogen) atoms. The van der Waals surface area contributed by atoms with E-state index in [2.05, 4.69) is 12.1 Å². The molecule has 5 heteroatoms. The van der Waals surface area contributed by atoms with Crippen LogP contribution in [0.15, 0.2) is 78.9 Å². The summed E-state index contributed by atoms with van der Waals surface area (Å²) in [5.41, 5.74) is 2.85. The van der Waals surface area contributed by atoms with E-state index >= 15 is 0 Å². The Hall–Kier alpha value is -3.34. The quantitative estimate of drug-likeness (QED) is 0.619. The predicted molar refractivity (Wildman–Crippen MR) is 116 cm³/mol. The van der Waals surface area contributed by atoms with Crippen molar-refractivity contribution >= 4 is 11.6 Å². The Morgan fingerprint density at radius 1 is 0.833 bits per heavy atom. The Labute approximate surface area is 176 Å². The average molecular weight is 404 g/mol. The van der Waals surface area contributed by atoms with E-state index in [1.54, 1.807) is 17.0 Å². The van der Waals surface area contributed by atoms with Gasteiger partial charge in [0, 0.05) is 32.6 Å². The second-order valence-electron chi connectivity index (χ2n) is 7.38. The van der Waals surface area contributed by atoms with Crippen LogP contribution < -0.4 is 9.64 Å². The minimum Gasteiger partial charge on any atom is -0.483 e. The van der Waals surface area contributed by atoms with Gasteiger partial charge < -0.3 is 14.5 Å². The molecule has 4 rings (SSSR count). The number of carbonyl (C=O) groups excluding carboxylic acids is 1. The maximum Gasteiger partial charge on any atom is 0.260 e. The van der Waals surface area contributed by atoms with Gasteiger partial charge in [-0.3, -0.25) is 4.79 Å². The minimum absolute atomic E-state index is 0.00546. The first-order valence-electron chi connectivity index (χ1n) is 10.2. The fourth-order valence-electron chi connectivity index (χ4n) is 3.74. The van der Waals surface area contributed by atoms with Crippen LogP contribution in [0.1, 0.15) is 11.1 Å². The van der Waals surface area contributed by atoms with Crippen molar-refractivity contribution in [2.75, 3.05) is 37.7 Å². The summed E-state index contributed by atoms with van der Waals surface area (Å²) in [5.74, 6) is 0.466. The van der Waals surface area contributed by atoms with Crippen LogP contribution in [0.4, 0.5) is 10.1 Å². The van der Waals surface area contributed by atoms with Gasteiger partial charge in [-0.25, -0.2) is 4.39 Å². The van der Waals surface area contributed by atoms with Crippen molar-refractivity contribution in [2.24, 2.45) is 0 Å². The third-order valence-corrected chi connectivity index (χ3v) is 5.39. The molecule has 0 spiro atoms. The zero-order valence-corrected chi connectivity index (χ0v) is 16.8. The highest BCUT2D eigenvalue weighted by molar-refractivity contribution is 5.78. The lowest BCUT2D eigenvalue weighted by Gasteiger charge is -2.36. The summed E-state index contributed by atoms with van der Waals surface area (Å²) < 4.78 is 19.9. The monoisotopic (exact) mass is 404 g/mol. The smallest absolute Gasteiger partial charge is 0.260 e. The van der Waals surface area contributed by atoms with Gasteiger partial charge in [0.05, 0.1) is 5.69 Å². The molecule has 154 valence electrons. The van der Waals surface area contributed by atoms with E-state index in [0.717, 1.165) is 17.7 Å². The number of carbonyl (C=O) groups is 1. The Morgan fingerprint density at radius 3 is 2.27 bits per heavy atom. The summed E-state index contributed by atoms with van der Waals surface area (Å²) in [4.78, 5) is 16.4. The first-order chi connectivity index (χ1) is 14.7. The molecule has 1 amide bonds. The van der Waals surface area contributed by atoms with Crippen LogP contribution in [0.5, 0.6) is 5.75 Å².